The number of alkyl halides is 3. The van der Waals surface area contributed by atoms with Crippen molar-refractivity contribution in [2.24, 2.45) is 11.7 Å². The molecular formula is C14H21F3N2. The highest BCUT2D eigenvalue weighted by atomic mass is 19.4. The molecule has 0 fully saturated rings. The zero-order valence-corrected chi connectivity index (χ0v) is 11.3. The molecule has 5 heteroatoms. The van der Waals surface area contributed by atoms with Crippen molar-refractivity contribution in [2.45, 2.75) is 25.6 Å². The molecule has 0 spiro atoms. The molecule has 1 aromatic carbocycles. The van der Waals surface area contributed by atoms with Crippen LogP contribution in [0.5, 0.6) is 0 Å². The van der Waals surface area contributed by atoms with Crippen molar-refractivity contribution in [1.29, 1.82) is 0 Å². The molecule has 1 rings (SSSR count). The van der Waals surface area contributed by atoms with E-state index in [1.165, 1.54) is 0 Å². The highest BCUT2D eigenvalue weighted by Crippen LogP contribution is 2.22. The van der Waals surface area contributed by atoms with E-state index >= 15 is 0 Å². The van der Waals surface area contributed by atoms with Gasteiger partial charge in [0.2, 0.25) is 0 Å². The summed E-state index contributed by atoms with van der Waals surface area (Å²) in [5, 5.41) is 0. The Balaban J connectivity index is 2.44. The molecule has 0 saturated heterocycles. The molecule has 0 saturated carbocycles. The second-order valence-electron chi connectivity index (χ2n) is 5.04. The van der Waals surface area contributed by atoms with Gasteiger partial charge in [0.05, 0.1) is 6.42 Å². The van der Waals surface area contributed by atoms with Crippen molar-refractivity contribution in [3.05, 3.63) is 35.9 Å². The highest BCUT2D eigenvalue weighted by Gasteiger charge is 2.27. The minimum absolute atomic E-state index is 0.00928. The Morgan fingerprint density at radius 1 is 1.21 bits per heavy atom. The maximum Gasteiger partial charge on any atom is 0.390 e. The minimum Gasteiger partial charge on any atom is -0.324 e. The molecule has 0 bridgehead atoms. The van der Waals surface area contributed by atoms with Gasteiger partial charge in [0.25, 0.3) is 0 Å². The molecule has 1 aromatic rings. The summed E-state index contributed by atoms with van der Waals surface area (Å²) in [6, 6.07) is 9.46. The lowest BCUT2D eigenvalue weighted by atomic mass is 9.95. The molecule has 19 heavy (non-hydrogen) atoms. The van der Waals surface area contributed by atoms with Gasteiger partial charge in [-0.15, -0.1) is 0 Å². The lowest BCUT2D eigenvalue weighted by Gasteiger charge is -2.26. The summed E-state index contributed by atoms with van der Waals surface area (Å²) in [6.07, 6.45) is -4.88. The van der Waals surface area contributed by atoms with Gasteiger partial charge in [-0.05, 0) is 18.5 Å². The van der Waals surface area contributed by atoms with E-state index in [0.717, 1.165) is 5.56 Å². The highest BCUT2D eigenvalue weighted by molar-refractivity contribution is 5.19. The zero-order chi connectivity index (χ0) is 14.5. The molecule has 0 amide bonds. The van der Waals surface area contributed by atoms with Crippen LogP contribution < -0.4 is 5.73 Å². The van der Waals surface area contributed by atoms with E-state index in [0.29, 0.717) is 6.54 Å². The number of benzene rings is 1. The first-order valence-electron chi connectivity index (χ1n) is 6.35. The monoisotopic (exact) mass is 274 g/mol. The van der Waals surface area contributed by atoms with Crippen molar-refractivity contribution in [3.63, 3.8) is 0 Å². The zero-order valence-electron chi connectivity index (χ0n) is 11.3. The Labute approximate surface area is 112 Å². The van der Waals surface area contributed by atoms with Crippen LogP contribution in [-0.4, -0.2) is 31.2 Å². The number of nitrogens with two attached hydrogens (primary N) is 1. The smallest absolute Gasteiger partial charge is 0.324 e. The third-order valence-electron chi connectivity index (χ3n) is 3.17. The summed E-state index contributed by atoms with van der Waals surface area (Å²) in [5.41, 5.74) is 7.13. The van der Waals surface area contributed by atoms with E-state index in [1.54, 1.807) is 11.9 Å². The van der Waals surface area contributed by atoms with Gasteiger partial charge in [-0.1, -0.05) is 37.3 Å². The van der Waals surface area contributed by atoms with Gasteiger partial charge < -0.3 is 10.6 Å². The Morgan fingerprint density at radius 2 is 1.79 bits per heavy atom. The third kappa shape index (κ3) is 6.07. The van der Waals surface area contributed by atoms with Crippen LogP contribution in [0, 0.1) is 5.92 Å². The van der Waals surface area contributed by atoms with Crippen LogP contribution in [0.3, 0.4) is 0 Å². The number of hydrogen-bond acceptors (Lipinski definition) is 2. The molecular weight excluding hydrogens is 253 g/mol. The van der Waals surface area contributed by atoms with Crippen LogP contribution in [0.15, 0.2) is 30.3 Å². The molecule has 2 unspecified atom stereocenters. The second kappa shape index (κ2) is 6.91. The van der Waals surface area contributed by atoms with E-state index in [1.807, 2.05) is 37.3 Å². The molecule has 2 N–H and O–H groups in total. The SMILES string of the molecule is CC(CN(C)CCC(F)(F)F)C(N)c1ccccc1. The van der Waals surface area contributed by atoms with E-state index in [2.05, 4.69) is 0 Å². The average Bonchev–Trinajstić information content (AvgIpc) is 2.35. The summed E-state index contributed by atoms with van der Waals surface area (Å²) in [4.78, 5) is 1.68. The molecule has 0 aliphatic heterocycles. The summed E-state index contributed by atoms with van der Waals surface area (Å²) in [5.74, 6) is 0.0978. The predicted molar refractivity (Wildman–Crippen MR) is 70.7 cm³/mol. The van der Waals surface area contributed by atoms with Crippen LogP contribution in [-0.2, 0) is 0 Å². The summed E-state index contributed by atoms with van der Waals surface area (Å²) in [7, 11) is 1.69. The van der Waals surface area contributed by atoms with Crippen LogP contribution in [0.1, 0.15) is 24.9 Å². The van der Waals surface area contributed by atoms with Crippen molar-refractivity contribution in [2.75, 3.05) is 20.1 Å². The summed E-state index contributed by atoms with van der Waals surface area (Å²) < 4.78 is 36.4. The summed E-state index contributed by atoms with van der Waals surface area (Å²) >= 11 is 0. The van der Waals surface area contributed by atoms with Crippen LogP contribution >= 0.6 is 0 Å². The number of nitrogens with zero attached hydrogens (tertiary/aromatic N) is 1. The molecule has 0 aliphatic carbocycles. The van der Waals surface area contributed by atoms with Gasteiger partial charge in [-0.25, -0.2) is 0 Å². The minimum atomic E-state index is -4.10. The van der Waals surface area contributed by atoms with Gasteiger partial charge in [0.1, 0.15) is 0 Å². The first-order valence-corrected chi connectivity index (χ1v) is 6.35. The van der Waals surface area contributed by atoms with E-state index in [4.69, 9.17) is 5.73 Å². The van der Waals surface area contributed by atoms with Crippen molar-refractivity contribution in [1.82, 2.24) is 4.90 Å². The largest absolute Gasteiger partial charge is 0.390 e. The van der Waals surface area contributed by atoms with Crippen LogP contribution in [0.25, 0.3) is 0 Å². The number of hydrogen-bond donors (Lipinski definition) is 1. The fourth-order valence-electron chi connectivity index (χ4n) is 2.02. The molecule has 2 nitrogen and oxygen atoms in total. The standard InChI is InChI=1S/C14H21F3N2/c1-11(10-19(2)9-8-14(15,16)17)13(18)12-6-4-3-5-7-12/h3-7,11,13H,8-10,18H2,1-2H3. The molecule has 0 aliphatic rings. The number of rotatable bonds is 6. The quantitative estimate of drug-likeness (QED) is 0.863. The molecule has 0 heterocycles. The van der Waals surface area contributed by atoms with Gasteiger partial charge in [-0.2, -0.15) is 13.2 Å². The van der Waals surface area contributed by atoms with Gasteiger partial charge in [-0.3, -0.25) is 0 Å². The topological polar surface area (TPSA) is 29.3 Å². The lowest BCUT2D eigenvalue weighted by molar-refractivity contribution is -0.137. The van der Waals surface area contributed by atoms with Crippen molar-refractivity contribution >= 4 is 0 Å². The van der Waals surface area contributed by atoms with Crippen LogP contribution in [0.2, 0.25) is 0 Å². The maximum atomic E-state index is 12.1. The van der Waals surface area contributed by atoms with E-state index in [9.17, 15) is 13.2 Å². The van der Waals surface area contributed by atoms with Gasteiger partial charge in [0, 0.05) is 19.1 Å². The van der Waals surface area contributed by atoms with E-state index in [-0.39, 0.29) is 18.5 Å². The average molecular weight is 274 g/mol. The van der Waals surface area contributed by atoms with Gasteiger partial charge in [0.15, 0.2) is 0 Å². The fourth-order valence-corrected chi connectivity index (χ4v) is 2.02. The Kier molecular flexibility index (Phi) is 5.82. The lowest BCUT2D eigenvalue weighted by Crippen LogP contribution is -2.33. The Bertz CT molecular complexity index is 365. The van der Waals surface area contributed by atoms with Crippen molar-refractivity contribution in [3.8, 4) is 0 Å². The van der Waals surface area contributed by atoms with E-state index < -0.39 is 12.6 Å². The third-order valence-corrected chi connectivity index (χ3v) is 3.17. The Morgan fingerprint density at radius 3 is 2.32 bits per heavy atom. The second-order valence-corrected chi connectivity index (χ2v) is 5.04. The first kappa shape index (κ1) is 16.0. The first-order chi connectivity index (χ1) is 8.79. The van der Waals surface area contributed by atoms with Crippen molar-refractivity contribution < 1.29 is 13.2 Å². The van der Waals surface area contributed by atoms with Gasteiger partial charge >= 0.3 is 6.18 Å². The Hall–Kier alpha value is -1.07. The molecule has 0 radical (unpaired) electrons. The number of halogens is 3. The maximum absolute atomic E-state index is 12.1. The van der Waals surface area contributed by atoms with Crippen LogP contribution in [0.4, 0.5) is 13.2 Å². The predicted octanol–water partition coefficient (Wildman–Crippen LogP) is 3.21. The summed E-state index contributed by atoms with van der Waals surface area (Å²) in [6.45, 7) is 2.52. The molecule has 2 atom stereocenters. The molecule has 0 aromatic heterocycles. The normalized spacial score (nSPS) is 15.5. The fraction of sp³-hybridized carbons (Fsp3) is 0.571. The molecule has 108 valence electrons.